The van der Waals surface area contributed by atoms with Crippen molar-refractivity contribution in [3.8, 4) is 0 Å². The Bertz CT molecular complexity index is 227. The minimum atomic E-state index is 0.158. The summed E-state index contributed by atoms with van der Waals surface area (Å²) in [6.07, 6.45) is 16.1. The van der Waals surface area contributed by atoms with E-state index in [0.717, 1.165) is 12.8 Å². The van der Waals surface area contributed by atoms with Gasteiger partial charge < -0.3 is 11.1 Å². The van der Waals surface area contributed by atoms with E-state index in [-0.39, 0.29) is 11.9 Å². The third-order valence-corrected chi connectivity index (χ3v) is 4.15. The number of carbonyl (C=O) groups is 1. The fourth-order valence-corrected chi connectivity index (χ4v) is 2.58. The summed E-state index contributed by atoms with van der Waals surface area (Å²) in [6.45, 7) is 4.86. The molecule has 0 saturated heterocycles. The molecule has 0 unspecified atom stereocenters. The molecule has 0 spiro atoms. The Labute approximate surface area is 132 Å². The minimum Gasteiger partial charge on any atom is -0.352 e. The Hall–Kier alpha value is -0.570. The van der Waals surface area contributed by atoms with Gasteiger partial charge in [-0.3, -0.25) is 4.79 Å². The van der Waals surface area contributed by atoms with Crippen LogP contribution in [0.2, 0.25) is 0 Å². The van der Waals surface area contributed by atoms with E-state index in [4.69, 9.17) is 5.73 Å². The van der Waals surface area contributed by atoms with Crippen molar-refractivity contribution < 1.29 is 4.79 Å². The van der Waals surface area contributed by atoms with Crippen molar-refractivity contribution in [3.05, 3.63) is 0 Å². The lowest BCUT2D eigenvalue weighted by atomic mass is 10.1. The Morgan fingerprint density at radius 2 is 1.33 bits per heavy atom. The summed E-state index contributed by atoms with van der Waals surface area (Å²) in [5, 5.41) is 2.99. The molecule has 0 saturated carbocycles. The Morgan fingerprint density at radius 3 is 1.76 bits per heavy atom. The molecule has 0 bridgehead atoms. The van der Waals surface area contributed by atoms with Gasteiger partial charge in [0.15, 0.2) is 0 Å². The van der Waals surface area contributed by atoms with E-state index in [1.54, 1.807) is 0 Å². The van der Waals surface area contributed by atoms with Crippen LogP contribution in [0, 0.1) is 0 Å². The van der Waals surface area contributed by atoms with Crippen LogP contribution in [-0.2, 0) is 4.79 Å². The van der Waals surface area contributed by atoms with E-state index >= 15 is 0 Å². The monoisotopic (exact) mass is 298 g/mol. The summed E-state index contributed by atoms with van der Waals surface area (Å²) < 4.78 is 0. The molecule has 0 fully saturated rings. The van der Waals surface area contributed by atoms with E-state index in [0.29, 0.717) is 13.0 Å². The van der Waals surface area contributed by atoms with Gasteiger partial charge in [-0.1, -0.05) is 78.1 Å². The van der Waals surface area contributed by atoms with Gasteiger partial charge >= 0.3 is 0 Å². The second-order valence-electron chi connectivity index (χ2n) is 6.19. The third-order valence-electron chi connectivity index (χ3n) is 4.15. The van der Waals surface area contributed by atoms with Crippen LogP contribution in [0.3, 0.4) is 0 Å². The van der Waals surface area contributed by atoms with Crippen molar-refractivity contribution in [2.24, 2.45) is 5.73 Å². The normalized spacial score (nSPS) is 12.3. The molecule has 1 atom stereocenters. The molecule has 0 aliphatic carbocycles. The van der Waals surface area contributed by atoms with Crippen LogP contribution in [0.4, 0.5) is 0 Å². The maximum Gasteiger partial charge on any atom is 0.220 e. The van der Waals surface area contributed by atoms with Crippen molar-refractivity contribution in [3.63, 3.8) is 0 Å². The van der Waals surface area contributed by atoms with Gasteiger partial charge in [0, 0.05) is 19.0 Å². The van der Waals surface area contributed by atoms with Crippen molar-refractivity contribution in [1.82, 2.24) is 5.32 Å². The summed E-state index contributed by atoms with van der Waals surface area (Å²) in [5.41, 5.74) is 5.58. The van der Waals surface area contributed by atoms with Gasteiger partial charge in [-0.05, 0) is 12.8 Å². The van der Waals surface area contributed by atoms with Crippen LogP contribution >= 0.6 is 0 Å². The lowest BCUT2D eigenvalue weighted by Crippen LogP contribution is -2.39. The smallest absolute Gasteiger partial charge is 0.220 e. The van der Waals surface area contributed by atoms with Gasteiger partial charge in [-0.15, -0.1) is 0 Å². The summed E-state index contributed by atoms with van der Waals surface area (Å²) in [6, 6.07) is 0.158. The van der Waals surface area contributed by atoms with Crippen LogP contribution in [0.25, 0.3) is 0 Å². The largest absolute Gasteiger partial charge is 0.352 e. The van der Waals surface area contributed by atoms with E-state index in [1.807, 2.05) is 0 Å². The van der Waals surface area contributed by atoms with Gasteiger partial charge in [0.2, 0.25) is 5.91 Å². The Morgan fingerprint density at radius 1 is 0.857 bits per heavy atom. The number of hydrogen-bond acceptors (Lipinski definition) is 2. The predicted octanol–water partition coefficient (Wildman–Crippen LogP) is 4.54. The number of carbonyl (C=O) groups excluding carboxylic acids is 1. The van der Waals surface area contributed by atoms with Crippen LogP contribution in [0.15, 0.2) is 0 Å². The second-order valence-corrected chi connectivity index (χ2v) is 6.19. The van der Waals surface area contributed by atoms with Gasteiger partial charge in [-0.2, -0.15) is 0 Å². The molecule has 3 N–H and O–H groups in total. The molecule has 0 aliphatic rings. The number of rotatable bonds is 15. The molecule has 3 nitrogen and oxygen atoms in total. The molecule has 21 heavy (non-hydrogen) atoms. The summed E-state index contributed by atoms with van der Waals surface area (Å²) in [4.78, 5) is 11.7. The van der Waals surface area contributed by atoms with Gasteiger partial charge in [0.05, 0.1) is 0 Å². The van der Waals surface area contributed by atoms with Crippen LogP contribution in [0.1, 0.15) is 97.3 Å². The first kappa shape index (κ1) is 20.4. The van der Waals surface area contributed by atoms with Crippen molar-refractivity contribution >= 4 is 5.91 Å². The predicted molar refractivity (Wildman–Crippen MR) is 92.4 cm³/mol. The van der Waals surface area contributed by atoms with Crippen molar-refractivity contribution in [2.45, 2.75) is 103 Å². The second kappa shape index (κ2) is 15.8. The van der Waals surface area contributed by atoms with Crippen LogP contribution in [0.5, 0.6) is 0 Å². The van der Waals surface area contributed by atoms with E-state index in [9.17, 15) is 4.79 Å². The van der Waals surface area contributed by atoms with Gasteiger partial charge in [0.1, 0.15) is 0 Å². The lowest BCUT2D eigenvalue weighted by Gasteiger charge is -2.14. The maximum absolute atomic E-state index is 11.7. The molecule has 0 aromatic carbocycles. The first-order valence-corrected chi connectivity index (χ1v) is 9.24. The average Bonchev–Trinajstić information content (AvgIpc) is 2.50. The molecule has 0 aliphatic heterocycles. The fraction of sp³-hybridized carbons (Fsp3) is 0.944. The molecule has 0 aromatic heterocycles. The summed E-state index contributed by atoms with van der Waals surface area (Å²) in [5.74, 6) is 0.170. The van der Waals surface area contributed by atoms with Crippen molar-refractivity contribution in [1.29, 1.82) is 0 Å². The van der Waals surface area contributed by atoms with Crippen LogP contribution in [-0.4, -0.2) is 18.5 Å². The first-order valence-electron chi connectivity index (χ1n) is 9.24. The highest BCUT2D eigenvalue weighted by atomic mass is 16.1. The Balaban J connectivity index is 3.23. The zero-order valence-corrected chi connectivity index (χ0v) is 14.5. The molecule has 0 rings (SSSR count). The number of nitrogens with one attached hydrogen (secondary N) is 1. The molecule has 3 heteroatoms. The van der Waals surface area contributed by atoms with Gasteiger partial charge in [-0.25, -0.2) is 0 Å². The topological polar surface area (TPSA) is 55.1 Å². The molecular formula is C18H38N2O. The molecule has 126 valence electrons. The molecule has 0 aromatic rings. The molecule has 1 amide bonds. The highest BCUT2D eigenvalue weighted by Crippen LogP contribution is 2.11. The van der Waals surface area contributed by atoms with Crippen molar-refractivity contribution in [2.75, 3.05) is 6.54 Å². The highest BCUT2D eigenvalue weighted by Gasteiger charge is 2.07. The number of nitrogens with two attached hydrogens (primary N) is 1. The van der Waals surface area contributed by atoms with Gasteiger partial charge in [0.25, 0.3) is 0 Å². The third kappa shape index (κ3) is 14.1. The number of hydrogen-bond donors (Lipinski definition) is 2. The van der Waals surface area contributed by atoms with Crippen LogP contribution < -0.4 is 11.1 Å². The lowest BCUT2D eigenvalue weighted by molar-refractivity contribution is -0.121. The summed E-state index contributed by atoms with van der Waals surface area (Å²) in [7, 11) is 0. The number of unbranched alkanes of at least 4 members (excludes halogenated alkanes) is 10. The zero-order valence-electron chi connectivity index (χ0n) is 14.5. The summed E-state index contributed by atoms with van der Waals surface area (Å²) >= 11 is 0. The first-order chi connectivity index (χ1) is 10.2. The SMILES string of the molecule is CCCCCCCCCCCCCC(=O)N[C@@H](CC)CN. The van der Waals surface area contributed by atoms with E-state index in [2.05, 4.69) is 19.2 Å². The average molecular weight is 299 g/mol. The highest BCUT2D eigenvalue weighted by molar-refractivity contribution is 5.76. The number of amides is 1. The molecule has 0 radical (unpaired) electrons. The minimum absolute atomic E-state index is 0.158. The van der Waals surface area contributed by atoms with E-state index < -0.39 is 0 Å². The zero-order chi connectivity index (χ0) is 15.8. The quantitative estimate of drug-likeness (QED) is 0.436. The standard InChI is InChI=1S/C18H38N2O/c1-3-5-6-7-8-9-10-11-12-13-14-15-18(21)20-17(4-2)16-19/h17H,3-16,19H2,1-2H3,(H,20,21)/t17-/m0/s1. The molecular weight excluding hydrogens is 260 g/mol. The maximum atomic E-state index is 11.7. The fourth-order valence-electron chi connectivity index (χ4n) is 2.58. The molecule has 0 heterocycles. The Kier molecular flexibility index (Phi) is 15.4. The van der Waals surface area contributed by atoms with E-state index in [1.165, 1.54) is 64.2 Å².